The first-order chi connectivity index (χ1) is 4.34. The van der Waals surface area contributed by atoms with Gasteiger partial charge in [0.05, 0.1) is 0 Å². The molecule has 0 saturated heterocycles. The van der Waals surface area contributed by atoms with Crippen LogP contribution < -0.4 is 10.9 Å². The van der Waals surface area contributed by atoms with Gasteiger partial charge >= 0.3 is 0 Å². The number of nitrogens with one attached hydrogen (secondary N) is 2. The molecule has 0 fully saturated rings. The summed E-state index contributed by atoms with van der Waals surface area (Å²) in [4.78, 5) is 1.29. The van der Waals surface area contributed by atoms with E-state index < -0.39 is 0 Å². The number of allylic oxidation sites excluding steroid dienone is 1. The molecule has 2 nitrogen and oxygen atoms in total. The average Bonchev–Trinajstić information content (AvgIpc) is 1.89. The number of hydrazine groups is 1. The monoisotopic (exact) mass is 142 g/mol. The first-order valence-electron chi connectivity index (χ1n) is 2.77. The smallest absolute Gasteiger partial charge is 0.0317 e. The second-order valence-corrected chi connectivity index (χ2v) is 2.68. The second-order valence-electron chi connectivity index (χ2n) is 1.83. The molecule has 1 rings (SSSR count). The SMILES string of the molecule is CSC1=CNNC=C1C. The Hall–Kier alpha value is -0.570. The molecule has 1 aliphatic rings. The largest absolute Gasteiger partial charge is 0.308 e. The van der Waals surface area contributed by atoms with E-state index in [1.54, 1.807) is 11.8 Å². The highest BCUT2D eigenvalue weighted by Gasteiger charge is 1.99. The third-order valence-corrected chi connectivity index (χ3v) is 2.06. The highest BCUT2D eigenvalue weighted by molar-refractivity contribution is 8.02. The molecule has 0 spiro atoms. The van der Waals surface area contributed by atoms with Crippen molar-refractivity contribution in [2.45, 2.75) is 6.92 Å². The molecule has 0 radical (unpaired) electrons. The Bertz CT molecular complexity index is 160. The number of hydrogen-bond acceptors (Lipinski definition) is 3. The zero-order valence-electron chi connectivity index (χ0n) is 5.56. The van der Waals surface area contributed by atoms with Crippen molar-refractivity contribution in [1.82, 2.24) is 10.9 Å². The fraction of sp³-hybridized carbons (Fsp3) is 0.333. The van der Waals surface area contributed by atoms with Crippen molar-refractivity contribution in [2.75, 3.05) is 6.26 Å². The Morgan fingerprint density at radius 2 is 2.00 bits per heavy atom. The van der Waals surface area contributed by atoms with E-state index in [0.29, 0.717) is 0 Å². The van der Waals surface area contributed by atoms with Crippen LogP contribution >= 0.6 is 11.8 Å². The van der Waals surface area contributed by atoms with E-state index in [1.165, 1.54) is 10.5 Å². The summed E-state index contributed by atoms with van der Waals surface area (Å²) in [6.07, 6.45) is 5.97. The van der Waals surface area contributed by atoms with Gasteiger partial charge in [-0.05, 0) is 18.8 Å². The molecule has 0 aromatic rings. The van der Waals surface area contributed by atoms with Gasteiger partial charge in [-0.3, -0.25) is 0 Å². The molecule has 0 unspecified atom stereocenters. The Morgan fingerprint density at radius 3 is 2.44 bits per heavy atom. The molecule has 3 heteroatoms. The van der Waals surface area contributed by atoms with E-state index >= 15 is 0 Å². The van der Waals surface area contributed by atoms with Crippen molar-refractivity contribution in [3.8, 4) is 0 Å². The average molecular weight is 142 g/mol. The number of rotatable bonds is 1. The van der Waals surface area contributed by atoms with Gasteiger partial charge in [-0.1, -0.05) is 0 Å². The van der Waals surface area contributed by atoms with E-state index in [1.807, 2.05) is 12.4 Å². The molecular weight excluding hydrogens is 132 g/mol. The highest BCUT2D eigenvalue weighted by Crippen LogP contribution is 2.20. The lowest BCUT2D eigenvalue weighted by Crippen LogP contribution is -2.24. The van der Waals surface area contributed by atoms with Gasteiger partial charge < -0.3 is 10.9 Å². The summed E-state index contributed by atoms with van der Waals surface area (Å²) in [6, 6.07) is 0. The van der Waals surface area contributed by atoms with Gasteiger partial charge in [-0.15, -0.1) is 11.8 Å². The van der Waals surface area contributed by atoms with Gasteiger partial charge in [-0.2, -0.15) is 0 Å². The molecule has 1 aliphatic heterocycles. The number of hydrogen-bond donors (Lipinski definition) is 2. The van der Waals surface area contributed by atoms with E-state index in [9.17, 15) is 0 Å². The molecule has 0 bridgehead atoms. The van der Waals surface area contributed by atoms with Crippen molar-refractivity contribution in [1.29, 1.82) is 0 Å². The van der Waals surface area contributed by atoms with Gasteiger partial charge in [0.2, 0.25) is 0 Å². The molecule has 50 valence electrons. The molecule has 9 heavy (non-hydrogen) atoms. The fourth-order valence-corrected chi connectivity index (χ4v) is 1.22. The minimum Gasteiger partial charge on any atom is -0.308 e. The first kappa shape index (κ1) is 6.55. The predicted molar refractivity (Wildman–Crippen MR) is 41.6 cm³/mol. The van der Waals surface area contributed by atoms with Crippen LogP contribution in [0.3, 0.4) is 0 Å². The van der Waals surface area contributed by atoms with Gasteiger partial charge in [0.25, 0.3) is 0 Å². The zero-order valence-corrected chi connectivity index (χ0v) is 6.38. The lowest BCUT2D eigenvalue weighted by molar-refractivity contribution is 0.756. The Morgan fingerprint density at radius 1 is 1.33 bits per heavy atom. The quantitative estimate of drug-likeness (QED) is 0.575. The maximum absolute atomic E-state index is 2.91. The Balaban J connectivity index is 2.68. The molecule has 0 aromatic carbocycles. The standard InChI is InChI=1S/C6H10N2S/c1-5-3-7-8-4-6(5)9-2/h3-4,7-8H,1-2H3. The minimum atomic E-state index is 1.28. The molecule has 1 heterocycles. The van der Waals surface area contributed by atoms with Gasteiger partial charge in [-0.25, -0.2) is 0 Å². The summed E-state index contributed by atoms with van der Waals surface area (Å²) in [5, 5.41) is 0. The fourth-order valence-electron chi connectivity index (χ4n) is 0.662. The normalized spacial score (nSPS) is 17.1. The van der Waals surface area contributed by atoms with Crippen molar-refractivity contribution in [3.05, 3.63) is 22.9 Å². The Labute approximate surface area is 59.4 Å². The first-order valence-corrected chi connectivity index (χ1v) is 3.99. The van der Waals surface area contributed by atoms with Crippen LogP contribution in [0.15, 0.2) is 22.9 Å². The van der Waals surface area contributed by atoms with Crippen LogP contribution in [0.25, 0.3) is 0 Å². The summed E-state index contributed by atoms with van der Waals surface area (Å²) in [7, 11) is 0. The van der Waals surface area contributed by atoms with Crippen molar-refractivity contribution < 1.29 is 0 Å². The maximum atomic E-state index is 2.91. The summed E-state index contributed by atoms with van der Waals surface area (Å²) >= 11 is 1.74. The molecular formula is C6H10N2S. The third kappa shape index (κ3) is 1.42. The summed E-state index contributed by atoms with van der Waals surface area (Å²) in [5.41, 5.74) is 7.08. The topological polar surface area (TPSA) is 24.1 Å². The summed E-state index contributed by atoms with van der Waals surface area (Å²) < 4.78 is 0. The van der Waals surface area contributed by atoms with Crippen molar-refractivity contribution >= 4 is 11.8 Å². The van der Waals surface area contributed by atoms with Crippen LogP contribution in [0.5, 0.6) is 0 Å². The number of thioether (sulfide) groups is 1. The third-order valence-electron chi connectivity index (χ3n) is 1.18. The van der Waals surface area contributed by atoms with E-state index in [-0.39, 0.29) is 0 Å². The van der Waals surface area contributed by atoms with Crippen molar-refractivity contribution in [2.24, 2.45) is 0 Å². The van der Waals surface area contributed by atoms with Crippen LogP contribution in [-0.4, -0.2) is 6.26 Å². The molecule has 0 aliphatic carbocycles. The molecule has 0 saturated carbocycles. The lowest BCUT2D eigenvalue weighted by Gasteiger charge is -2.12. The molecule has 2 N–H and O–H groups in total. The van der Waals surface area contributed by atoms with Gasteiger partial charge in [0.1, 0.15) is 0 Å². The highest BCUT2D eigenvalue weighted by atomic mass is 32.2. The van der Waals surface area contributed by atoms with E-state index in [0.717, 1.165) is 0 Å². The minimum absolute atomic E-state index is 1.28. The zero-order chi connectivity index (χ0) is 6.69. The van der Waals surface area contributed by atoms with Crippen LogP contribution in [0.2, 0.25) is 0 Å². The van der Waals surface area contributed by atoms with Crippen LogP contribution in [0, 0.1) is 0 Å². The summed E-state index contributed by atoms with van der Waals surface area (Å²) in [6.45, 7) is 2.08. The molecule has 0 amide bonds. The van der Waals surface area contributed by atoms with Crippen LogP contribution in [-0.2, 0) is 0 Å². The van der Waals surface area contributed by atoms with E-state index in [4.69, 9.17) is 0 Å². The van der Waals surface area contributed by atoms with Crippen LogP contribution in [0.1, 0.15) is 6.92 Å². The van der Waals surface area contributed by atoms with Gasteiger partial charge in [0, 0.05) is 17.3 Å². The van der Waals surface area contributed by atoms with E-state index in [2.05, 4.69) is 24.0 Å². The molecule has 0 atom stereocenters. The Kier molecular flexibility index (Phi) is 2.05. The summed E-state index contributed by atoms with van der Waals surface area (Å²) in [5.74, 6) is 0. The second kappa shape index (κ2) is 2.82. The molecule has 0 aromatic heterocycles. The van der Waals surface area contributed by atoms with Crippen LogP contribution in [0.4, 0.5) is 0 Å². The predicted octanol–water partition coefficient (Wildman–Crippen LogP) is 1.20. The lowest BCUT2D eigenvalue weighted by atomic mass is 10.3. The van der Waals surface area contributed by atoms with Gasteiger partial charge in [0.15, 0.2) is 0 Å². The van der Waals surface area contributed by atoms with Crippen molar-refractivity contribution in [3.63, 3.8) is 0 Å². The maximum Gasteiger partial charge on any atom is 0.0317 e.